The van der Waals surface area contributed by atoms with Crippen molar-refractivity contribution in [3.8, 4) is 5.75 Å². The number of fused-ring (bicyclic) bond motifs is 2. The first-order chi connectivity index (χ1) is 12.9. The molecule has 2 aromatic rings. The number of methoxy groups -OCH3 is 1. The second-order valence-electron chi connectivity index (χ2n) is 6.68. The van der Waals surface area contributed by atoms with Crippen LogP contribution in [-0.2, 0) is 27.8 Å². The molecule has 27 heavy (non-hydrogen) atoms. The molecule has 4 rings (SSSR count). The molecule has 0 fully saturated rings. The standard InChI is InChI=1S/C19H21N3O4S/c1-25-17-5-3-4-12-6-8-16(18(12)17)21-19-20-15-9-7-14(22-27(2,23)24)10-13(15)11-26-19/h3-5,7,9-10,16,22H,6,8,11H2,1-2H3,(H,20,21). The van der Waals surface area contributed by atoms with Gasteiger partial charge in [0.1, 0.15) is 12.4 Å². The van der Waals surface area contributed by atoms with Crippen LogP contribution in [0.5, 0.6) is 5.75 Å². The summed E-state index contributed by atoms with van der Waals surface area (Å²) in [5.41, 5.74) is 4.62. The van der Waals surface area contributed by atoms with Crippen molar-refractivity contribution < 1.29 is 17.9 Å². The van der Waals surface area contributed by atoms with E-state index in [1.54, 1.807) is 19.2 Å². The monoisotopic (exact) mass is 387 g/mol. The number of benzene rings is 2. The summed E-state index contributed by atoms with van der Waals surface area (Å²) < 4.78 is 36.5. The van der Waals surface area contributed by atoms with Crippen molar-refractivity contribution in [1.82, 2.24) is 0 Å². The molecule has 142 valence electrons. The number of anilines is 2. The zero-order valence-corrected chi connectivity index (χ0v) is 16.0. The summed E-state index contributed by atoms with van der Waals surface area (Å²) in [7, 11) is -1.64. The lowest BCUT2D eigenvalue weighted by atomic mass is 10.1. The highest BCUT2D eigenvalue weighted by atomic mass is 32.2. The molecule has 0 amide bonds. The van der Waals surface area contributed by atoms with Gasteiger partial charge in [0.15, 0.2) is 0 Å². The first-order valence-corrected chi connectivity index (χ1v) is 10.6. The zero-order valence-electron chi connectivity index (χ0n) is 15.2. The zero-order chi connectivity index (χ0) is 19.0. The minimum Gasteiger partial charge on any atom is -0.496 e. The third-order valence-corrected chi connectivity index (χ3v) is 5.29. The van der Waals surface area contributed by atoms with Gasteiger partial charge in [-0.05, 0) is 42.7 Å². The Kier molecular flexibility index (Phi) is 4.43. The molecule has 0 aromatic heterocycles. The molecule has 7 nitrogen and oxygen atoms in total. The maximum absolute atomic E-state index is 11.4. The van der Waals surface area contributed by atoms with Crippen LogP contribution in [0.25, 0.3) is 0 Å². The second kappa shape index (κ2) is 6.77. The largest absolute Gasteiger partial charge is 0.496 e. The van der Waals surface area contributed by atoms with Gasteiger partial charge in [0.2, 0.25) is 10.0 Å². The van der Waals surface area contributed by atoms with Crippen LogP contribution in [0.15, 0.2) is 41.4 Å². The first-order valence-electron chi connectivity index (χ1n) is 8.67. The Bertz CT molecular complexity index is 1020. The molecule has 1 atom stereocenters. The number of sulfonamides is 1. The predicted molar refractivity (Wildman–Crippen MR) is 105 cm³/mol. The van der Waals surface area contributed by atoms with Crippen molar-refractivity contribution in [2.75, 3.05) is 23.4 Å². The molecule has 0 saturated heterocycles. The van der Waals surface area contributed by atoms with Crippen LogP contribution in [0.2, 0.25) is 0 Å². The van der Waals surface area contributed by atoms with E-state index in [0.717, 1.165) is 41.7 Å². The smallest absolute Gasteiger partial charge is 0.290 e. The van der Waals surface area contributed by atoms with Gasteiger partial charge in [-0.15, -0.1) is 0 Å². The number of aryl methyl sites for hydroxylation is 1. The first kappa shape index (κ1) is 17.7. The Hall–Kier alpha value is -2.74. The highest BCUT2D eigenvalue weighted by Crippen LogP contribution is 2.40. The number of aliphatic imine (C=N–C) groups is 1. The molecule has 1 aliphatic heterocycles. The lowest BCUT2D eigenvalue weighted by Gasteiger charge is -2.22. The van der Waals surface area contributed by atoms with E-state index >= 15 is 0 Å². The lowest BCUT2D eigenvalue weighted by molar-refractivity contribution is 0.282. The molecule has 1 unspecified atom stereocenters. The number of hydrogen-bond acceptors (Lipinski definition) is 5. The van der Waals surface area contributed by atoms with Crippen molar-refractivity contribution in [3.63, 3.8) is 0 Å². The number of ether oxygens (including phenoxy) is 2. The Morgan fingerprint density at radius 2 is 2.11 bits per heavy atom. The van der Waals surface area contributed by atoms with Gasteiger partial charge in [-0.25, -0.2) is 13.4 Å². The molecule has 8 heteroatoms. The molecule has 0 bridgehead atoms. The molecule has 1 heterocycles. The van der Waals surface area contributed by atoms with Crippen molar-refractivity contribution in [3.05, 3.63) is 53.1 Å². The quantitative estimate of drug-likeness (QED) is 0.842. The topological polar surface area (TPSA) is 89.0 Å². The maximum atomic E-state index is 11.4. The van der Waals surface area contributed by atoms with E-state index < -0.39 is 10.0 Å². The van der Waals surface area contributed by atoms with Crippen molar-refractivity contribution in [1.29, 1.82) is 0 Å². The van der Waals surface area contributed by atoms with Crippen LogP contribution in [0.3, 0.4) is 0 Å². The van der Waals surface area contributed by atoms with Gasteiger partial charge in [0.25, 0.3) is 6.02 Å². The minimum absolute atomic E-state index is 0.00799. The SMILES string of the molecule is COc1cccc2c1C(N=C1Nc3ccc(NS(C)(=O)=O)cc3CO1)CC2. The van der Waals surface area contributed by atoms with E-state index in [-0.39, 0.29) is 6.04 Å². The fourth-order valence-electron chi connectivity index (χ4n) is 3.55. The average Bonchev–Trinajstić information content (AvgIpc) is 3.03. The predicted octanol–water partition coefficient (Wildman–Crippen LogP) is 3.05. The van der Waals surface area contributed by atoms with E-state index in [2.05, 4.69) is 16.1 Å². The summed E-state index contributed by atoms with van der Waals surface area (Å²) in [4.78, 5) is 4.76. The summed E-state index contributed by atoms with van der Waals surface area (Å²) >= 11 is 0. The number of hydrogen-bond donors (Lipinski definition) is 2. The van der Waals surface area contributed by atoms with Crippen molar-refractivity contribution >= 4 is 27.4 Å². The molecular formula is C19H21N3O4S. The van der Waals surface area contributed by atoms with Crippen molar-refractivity contribution in [2.24, 2.45) is 4.99 Å². The summed E-state index contributed by atoms with van der Waals surface area (Å²) in [6.07, 6.45) is 3.00. The molecule has 2 aliphatic rings. The number of rotatable bonds is 4. The average molecular weight is 387 g/mol. The Morgan fingerprint density at radius 1 is 1.26 bits per heavy atom. The highest BCUT2D eigenvalue weighted by molar-refractivity contribution is 7.92. The number of nitrogens with one attached hydrogen (secondary N) is 2. The van der Waals surface area contributed by atoms with Crippen LogP contribution in [0.4, 0.5) is 11.4 Å². The summed E-state index contributed by atoms with van der Waals surface area (Å²) in [6.45, 7) is 0.325. The van der Waals surface area contributed by atoms with Gasteiger partial charge >= 0.3 is 0 Å². The van der Waals surface area contributed by atoms with Gasteiger partial charge in [-0.3, -0.25) is 4.72 Å². The van der Waals surface area contributed by atoms with Gasteiger partial charge in [-0.2, -0.15) is 0 Å². The highest BCUT2D eigenvalue weighted by Gasteiger charge is 2.27. The Labute approximate surface area is 158 Å². The normalized spacial score (nSPS) is 19.6. The van der Waals surface area contributed by atoms with Gasteiger partial charge in [-0.1, -0.05) is 12.1 Å². The Morgan fingerprint density at radius 3 is 2.89 bits per heavy atom. The van der Waals surface area contributed by atoms with E-state index in [9.17, 15) is 8.42 Å². The number of nitrogens with zero attached hydrogens (tertiary/aromatic N) is 1. The fraction of sp³-hybridized carbons (Fsp3) is 0.316. The number of amidine groups is 1. The molecular weight excluding hydrogens is 366 g/mol. The van der Waals surface area contributed by atoms with Gasteiger partial charge in [0.05, 0.1) is 19.4 Å². The van der Waals surface area contributed by atoms with E-state index in [0.29, 0.717) is 18.3 Å². The minimum atomic E-state index is -3.31. The van der Waals surface area contributed by atoms with Gasteiger partial charge < -0.3 is 14.8 Å². The second-order valence-corrected chi connectivity index (χ2v) is 8.43. The molecule has 0 saturated carbocycles. The van der Waals surface area contributed by atoms with Gasteiger partial charge in [0, 0.05) is 22.5 Å². The Balaban J connectivity index is 1.56. The summed E-state index contributed by atoms with van der Waals surface area (Å²) in [5, 5.41) is 3.19. The van der Waals surface area contributed by atoms with E-state index in [1.165, 1.54) is 5.56 Å². The molecule has 0 radical (unpaired) electrons. The van der Waals surface area contributed by atoms with Crippen LogP contribution >= 0.6 is 0 Å². The summed E-state index contributed by atoms with van der Waals surface area (Å²) in [5.74, 6) is 0.854. The van der Waals surface area contributed by atoms with Crippen LogP contribution < -0.4 is 14.8 Å². The lowest BCUT2D eigenvalue weighted by Crippen LogP contribution is -2.23. The van der Waals surface area contributed by atoms with Crippen LogP contribution in [0.1, 0.15) is 29.2 Å². The molecule has 2 aromatic carbocycles. The summed E-state index contributed by atoms with van der Waals surface area (Å²) in [6, 6.07) is 11.8. The van der Waals surface area contributed by atoms with E-state index in [1.807, 2.05) is 18.2 Å². The maximum Gasteiger partial charge on any atom is 0.290 e. The fourth-order valence-corrected chi connectivity index (χ4v) is 4.11. The molecule has 1 aliphatic carbocycles. The van der Waals surface area contributed by atoms with Crippen molar-refractivity contribution in [2.45, 2.75) is 25.5 Å². The van der Waals surface area contributed by atoms with Crippen LogP contribution in [-0.4, -0.2) is 27.8 Å². The third-order valence-electron chi connectivity index (χ3n) is 4.68. The molecule has 2 N–H and O–H groups in total. The van der Waals surface area contributed by atoms with E-state index in [4.69, 9.17) is 14.5 Å². The third kappa shape index (κ3) is 3.71. The molecule has 0 spiro atoms. The van der Waals surface area contributed by atoms with Crippen LogP contribution in [0, 0.1) is 0 Å².